The van der Waals surface area contributed by atoms with Crippen molar-refractivity contribution in [3.05, 3.63) is 67.8 Å². The molecule has 0 radical (unpaired) electrons. The van der Waals surface area contributed by atoms with Crippen LogP contribution < -0.4 is 0 Å². The molecule has 144 valence electrons. The molecule has 0 spiro atoms. The molecule has 7 nitrogen and oxygen atoms in total. The maximum atomic E-state index is 13.1. The second-order valence-electron chi connectivity index (χ2n) is 5.65. The van der Waals surface area contributed by atoms with Gasteiger partial charge < -0.3 is 5.11 Å². The first-order chi connectivity index (χ1) is 13.3. The van der Waals surface area contributed by atoms with Gasteiger partial charge in [-0.15, -0.1) is 0 Å². The van der Waals surface area contributed by atoms with Crippen LogP contribution in [0.3, 0.4) is 0 Å². The zero-order valence-electron chi connectivity index (χ0n) is 14.4. The Bertz CT molecular complexity index is 1020. The molecule has 2 aromatic carbocycles. The monoisotopic (exact) mass is 421 g/mol. The van der Waals surface area contributed by atoms with Crippen LogP contribution in [0.15, 0.2) is 46.3 Å². The Hall–Kier alpha value is -2.91. The van der Waals surface area contributed by atoms with Crippen molar-refractivity contribution < 1.29 is 19.2 Å². The second kappa shape index (κ2) is 7.99. The Kier molecular flexibility index (Phi) is 5.66. The van der Waals surface area contributed by atoms with E-state index in [0.29, 0.717) is 17.4 Å². The van der Waals surface area contributed by atoms with E-state index in [-0.39, 0.29) is 21.4 Å². The average Bonchev–Trinajstić information content (AvgIpc) is 2.94. The summed E-state index contributed by atoms with van der Waals surface area (Å²) in [6.07, 6.45) is 1.33. The molecular weight excluding hydrogens is 409 g/mol. The normalized spacial score (nSPS) is 17.0. The van der Waals surface area contributed by atoms with Gasteiger partial charge in [-0.05, 0) is 55.1 Å². The highest BCUT2D eigenvalue weighted by molar-refractivity contribution is 8.18. The van der Waals surface area contributed by atoms with Gasteiger partial charge in [0, 0.05) is 23.2 Å². The lowest BCUT2D eigenvalue weighted by Crippen LogP contribution is -2.28. The van der Waals surface area contributed by atoms with Crippen molar-refractivity contribution in [2.45, 2.75) is 6.92 Å². The number of aliphatic imine (C=N–C) groups is 1. The van der Waals surface area contributed by atoms with E-state index < -0.39 is 22.2 Å². The molecule has 1 heterocycles. The number of rotatable bonds is 4. The van der Waals surface area contributed by atoms with Crippen LogP contribution in [-0.2, 0) is 4.79 Å². The number of thioether (sulfide) groups is 1. The number of halogens is 2. The van der Waals surface area contributed by atoms with Crippen molar-refractivity contribution in [2.75, 3.05) is 6.54 Å². The molecule has 1 aliphatic rings. The van der Waals surface area contributed by atoms with Gasteiger partial charge >= 0.3 is 5.69 Å². The van der Waals surface area contributed by atoms with E-state index in [1.807, 2.05) is 0 Å². The van der Waals surface area contributed by atoms with E-state index in [9.17, 15) is 24.4 Å². The highest BCUT2D eigenvalue weighted by Gasteiger charge is 2.33. The fourth-order valence-electron chi connectivity index (χ4n) is 2.49. The Labute approximate surface area is 168 Å². The molecule has 1 aliphatic heterocycles. The summed E-state index contributed by atoms with van der Waals surface area (Å²) in [5.74, 6) is -1.34. The van der Waals surface area contributed by atoms with Crippen LogP contribution in [0, 0.1) is 15.9 Å². The molecule has 1 N–H and O–H groups in total. The maximum absolute atomic E-state index is 13.1. The van der Waals surface area contributed by atoms with Crippen LogP contribution in [0.4, 0.5) is 15.8 Å². The van der Waals surface area contributed by atoms with Crippen LogP contribution in [0.5, 0.6) is 5.75 Å². The van der Waals surface area contributed by atoms with E-state index in [1.165, 1.54) is 41.3 Å². The van der Waals surface area contributed by atoms with Gasteiger partial charge in [0.25, 0.3) is 5.91 Å². The van der Waals surface area contributed by atoms with Crippen molar-refractivity contribution in [3.63, 3.8) is 0 Å². The van der Waals surface area contributed by atoms with Gasteiger partial charge in [-0.25, -0.2) is 9.38 Å². The summed E-state index contributed by atoms with van der Waals surface area (Å²) in [6.45, 7) is 2.11. The average molecular weight is 422 g/mol. The summed E-state index contributed by atoms with van der Waals surface area (Å²) in [7, 11) is 0. The topological polar surface area (TPSA) is 96.0 Å². The zero-order valence-corrected chi connectivity index (χ0v) is 16.0. The number of phenols is 1. The third-order valence-corrected chi connectivity index (χ3v) is 5.05. The number of phenolic OH excluding ortho intramolecular Hbond substituents is 1. The van der Waals surface area contributed by atoms with Crippen molar-refractivity contribution in [2.24, 2.45) is 4.99 Å². The van der Waals surface area contributed by atoms with E-state index in [2.05, 4.69) is 4.99 Å². The fraction of sp³-hybridized carbons (Fsp3) is 0.111. The molecule has 0 bridgehead atoms. The van der Waals surface area contributed by atoms with Gasteiger partial charge in [0.15, 0.2) is 5.17 Å². The van der Waals surface area contributed by atoms with E-state index >= 15 is 0 Å². The van der Waals surface area contributed by atoms with Crippen molar-refractivity contribution in [3.8, 4) is 5.75 Å². The highest BCUT2D eigenvalue weighted by atomic mass is 35.5. The Morgan fingerprint density at radius 3 is 2.64 bits per heavy atom. The Balaban J connectivity index is 2.01. The SMILES string of the molecule is CCN1C(=O)/C(=C\c2cc(Cl)cc([N+](=O)[O-])c2O)SC1=Nc1ccc(F)cc1. The van der Waals surface area contributed by atoms with Crippen molar-refractivity contribution in [1.29, 1.82) is 0 Å². The fourth-order valence-corrected chi connectivity index (χ4v) is 3.77. The molecule has 0 aromatic heterocycles. The minimum Gasteiger partial charge on any atom is -0.502 e. The number of likely N-dealkylation sites (N-methyl/N-ethyl adjacent to an activating group) is 1. The molecule has 0 unspecified atom stereocenters. The molecule has 2 aromatic rings. The minimum atomic E-state index is -0.757. The van der Waals surface area contributed by atoms with Gasteiger partial charge in [-0.3, -0.25) is 19.8 Å². The summed E-state index contributed by atoms with van der Waals surface area (Å²) in [4.78, 5) is 28.9. The Morgan fingerprint density at radius 1 is 1.36 bits per heavy atom. The number of nitrogens with zero attached hydrogens (tertiary/aromatic N) is 3. The van der Waals surface area contributed by atoms with Crippen LogP contribution in [0.2, 0.25) is 5.02 Å². The number of nitro groups is 1. The number of carbonyl (C=O) groups excluding carboxylic acids is 1. The van der Waals surface area contributed by atoms with Gasteiger partial charge in [-0.2, -0.15) is 0 Å². The standard InChI is InChI=1S/C18H13ClFN3O4S/c1-2-22-17(25)15(28-18(22)21-13-5-3-12(20)4-6-13)8-10-7-11(19)9-14(16(10)24)23(26)27/h3-9,24H,2H2,1H3/b15-8+,21-18?. The first kappa shape index (κ1) is 19.8. The lowest BCUT2D eigenvalue weighted by molar-refractivity contribution is -0.385. The number of hydrogen-bond donors (Lipinski definition) is 1. The van der Waals surface area contributed by atoms with Crippen LogP contribution in [-0.4, -0.2) is 32.5 Å². The number of aromatic hydroxyl groups is 1. The maximum Gasteiger partial charge on any atom is 0.312 e. The lowest BCUT2D eigenvalue weighted by atomic mass is 10.1. The molecule has 0 saturated carbocycles. The molecule has 10 heteroatoms. The molecule has 0 aliphatic carbocycles. The lowest BCUT2D eigenvalue weighted by Gasteiger charge is -2.11. The van der Waals surface area contributed by atoms with Crippen LogP contribution in [0.1, 0.15) is 12.5 Å². The molecule has 28 heavy (non-hydrogen) atoms. The summed E-state index contributed by atoms with van der Waals surface area (Å²) >= 11 is 6.94. The Morgan fingerprint density at radius 2 is 2.04 bits per heavy atom. The molecule has 3 rings (SSSR count). The van der Waals surface area contributed by atoms with Gasteiger partial charge in [0.05, 0.1) is 15.5 Å². The summed E-state index contributed by atoms with van der Waals surface area (Å²) in [6, 6.07) is 7.84. The quantitative estimate of drug-likeness (QED) is 0.438. The zero-order chi connectivity index (χ0) is 20.4. The molecular formula is C18H13ClFN3O4S. The number of nitro benzene ring substituents is 1. The second-order valence-corrected chi connectivity index (χ2v) is 7.10. The molecule has 1 saturated heterocycles. The minimum absolute atomic E-state index is 0.0501. The van der Waals surface area contributed by atoms with Crippen LogP contribution >= 0.6 is 23.4 Å². The first-order valence-electron chi connectivity index (χ1n) is 8.02. The number of amidine groups is 1. The third-order valence-electron chi connectivity index (χ3n) is 3.82. The van der Waals surface area contributed by atoms with Crippen molar-refractivity contribution >= 4 is 51.9 Å². The predicted molar refractivity (Wildman–Crippen MR) is 106 cm³/mol. The number of benzene rings is 2. The summed E-state index contributed by atoms with van der Waals surface area (Å²) in [5.41, 5.74) is -0.0332. The van der Waals surface area contributed by atoms with Crippen molar-refractivity contribution in [1.82, 2.24) is 4.90 Å². The largest absolute Gasteiger partial charge is 0.502 e. The summed E-state index contributed by atoms with van der Waals surface area (Å²) < 4.78 is 13.1. The van der Waals surface area contributed by atoms with E-state index in [4.69, 9.17) is 11.6 Å². The number of amides is 1. The number of carbonyl (C=O) groups is 1. The van der Waals surface area contributed by atoms with E-state index in [1.54, 1.807) is 6.92 Å². The van der Waals surface area contributed by atoms with Gasteiger partial charge in [-0.1, -0.05) is 11.6 Å². The van der Waals surface area contributed by atoms with Crippen LogP contribution in [0.25, 0.3) is 6.08 Å². The molecule has 0 atom stereocenters. The number of hydrogen-bond acceptors (Lipinski definition) is 6. The molecule has 1 fully saturated rings. The smallest absolute Gasteiger partial charge is 0.312 e. The molecule has 1 amide bonds. The first-order valence-corrected chi connectivity index (χ1v) is 9.22. The van der Waals surface area contributed by atoms with Gasteiger partial charge in [0.2, 0.25) is 5.75 Å². The predicted octanol–water partition coefficient (Wildman–Crippen LogP) is 4.72. The summed E-state index contributed by atoms with van der Waals surface area (Å²) in [5, 5.41) is 21.6. The van der Waals surface area contributed by atoms with Gasteiger partial charge in [0.1, 0.15) is 5.82 Å². The highest BCUT2D eigenvalue weighted by Crippen LogP contribution is 2.39. The third kappa shape index (κ3) is 4.00. The van der Waals surface area contributed by atoms with E-state index in [0.717, 1.165) is 17.8 Å².